The van der Waals surface area contributed by atoms with E-state index in [9.17, 15) is 9.59 Å². The zero-order valence-electron chi connectivity index (χ0n) is 13.4. The number of benzene rings is 1. The Bertz CT molecular complexity index is 588. The average molecular weight is 414 g/mol. The fourth-order valence-corrected chi connectivity index (χ4v) is 3.00. The highest BCUT2D eigenvalue weighted by Gasteiger charge is 2.15. The number of likely N-dealkylation sites (tertiary alicyclic amines) is 1. The van der Waals surface area contributed by atoms with Crippen LogP contribution in [0.15, 0.2) is 28.7 Å². The number of halogens is 1. The van der Waals surface area contributed by atoms with Crippen molar-refractivity contribution < 1.29 is 14.5 Å². The third-order valence-electron chi connectivity index (χ3n) is 3.92. The van der Waals surface area contributed by atoms with Gasteiger partial charge in [0.15, 0.2) is 5.11 Å². The number of hydrazine groups is 1. The molecule has 130 valence electrons. The molecule has 0 aliphatic carbocycles. The maximum absolute atomic E-state index is 12.0. The summed E-state index contributed by atoms with van der Waals surface area (Å²) >= 11 is 8.32. The van der Waals surface area contributed by atoms with Crippen LogP contribution >= 0.6 is 28.1 Å². The highest BCUT2D eigenvalue weighted by Crippen LogP contribution is 2.10. The largest absolute Gasteiger partial charge is 0.335 e. The minimum Gasteiger partial charge on any atom is -0.335 e. The molecule has 0 radical (unpaired) electrons. The van der Waals surface area contributed by atoms with Gasteiger partial charge in [0.05, 0.1) is 26.1 Å². The van der Waals surface area contributed by atoms with E-state index in [2.05, 4.69) is 32.1 Å². The predicted molar refractivity (Wildman–Crippen MR) is 99.5 cm³/mol. The number of carbonyl (C=O) groups excluding carboxylic acids is 2. The molecule has 24 heavy (non-hydrogen) atoms. The van der Waals surface area contributed by atoms with Gasteiger partial charge in [-0.15, -0.1) is 0 Å². The number of nitrogens with one attached hydrogen (secondary N) is 4. The first-order valence-electron chi connectivity index (χ1n) is 8.04. The third kappa shape index (κ3) is 6.54. The fourth-order valence-electron chi connectivity index (χ4n) is 2.59. The van der Waals surface area contributed by atoms with E-state index in [4.69, 9.17) is 12.2 Å². The van der Waals surface area contributed by atoms with Gasteiger partial charge < -0.3 is 4.90 Å². The van der Waals surface area contributed by atoms with Crippen LogP contribution in [-0.2, 0) is 4.79 Å². The molecule has 0 aromatic heterocycles. The van der Waals surface area contributed by atoms with E-state index in [-0.39, 0.29) is 16.9 Å². The quantitative estimate of drug-likeness (QED) is 0.429. The van der Waals surface area contributed by atoms with Crippen molar-refractivity contribution >= 4 is 45.1 Å². The predicted octanol–water partition coefficient (Wildman–Crippen LogP) is 0.544. The van der Waals surface area contributed by atoms with Crippen molar-refractivity contribution in [3.05, 3.63) is 34.3 Å². The van der Waals surface area contributed by atoms with Gasteiger partial charge in [-0.2, -0.15) is 0 Å². The molecule has 6 nitrogen and oxygen atoms in total. The summed E-state index contributed by atoms with van der Waals surface area (Å²) in [5.74, 6) is -0.458. The Morgan fingerprint density at radius 1 is 1.08 bits per heavy atom. The van der Waals surface area contributed by atoms with Crippen LogP contribution in [0.1, 0.15) is 36.0 Å². The first-order valence-corrected chi connectivity index (χ1v) is 9.24. The molecule has 0 atom stereocenters. The van der Waals surface area contributed by atoms with Crippen LogP contribution in [0, 0.1) is 0 Å². The summed E-state index contributed by atoms with van der Waals surface area (Å²) in [6.45, 7) is 3.11. The van der Waals surface area contributed by atoms with Crippen LogP contribution in [0.25, 0.3) is 0 Å². The monoisotopic (exact) mass is 413 g/mol. The van der Waals surface area contributed by atoms with Crippen LogP contribution in [-0.4, -0.2) is 36.6 Å². The smallest absolute Gasteiger partial charge is 0.257 e. The standard InChI is InChI=1S/C16H21BrN4O2S/c17-13-6-4-12(5-7-13)15(23)18-16(24)20-19-14(22)8-11-21-9-2-1-3-10-21/h4-7H,1-3,8-11H2,(H,19,22)(H2,18,20,23,24)/p+1. The molecule has 1 fully saturated rings. The number of thiocarbonyl (C=S) groups is 1. The van der Waals surface area contributed by atoms with Crippen molar-refractivity contribution in [2.24, 2.45) is 0 Å². The molecule has 4 N–H and O–H groups in total. The van der Waals surface area contributed by atoms with Crippen molar-refractivity contribution in [3.63, 3.8) is 0 Å². The van der Waals surface area contributed by atoms with Gasteiger partial charge in [-0.1, -0.05) is 15.9 Å². The maximum atomic E-state index is 12.0. The van der Waals surface area contributed by atoms with E-state index in [1.807, 2.05) is 0 Å². The molecule has 1 aromatic rings. The molecule has 1 saturated heterocycles. The zero-order chi connectivity index (χ0) is 17.4. The van der Waals surface area contributed by atoms with Gasteiger partial charge in [-0.05, 0) is 55.7 Å². The molecule has 1 aliphatic heterocycles. The van der Waals surface area contributed by atoms with Gasteiger partial charge in [-0.3, -0.25) is 25.8 Å². The first kappa shape index (κ1) is 18.8. The molecule has 0 unspecified atom stereocenters. The molecular formula is C16H22BrN4O2S+. The molecule has 0 bridgehead atoms. The fraction of sp³-hybridized carbons (Fsp3) is 0.438. The number of piperidine rings is 1. The van der Waals surface area contributed by atoms with Gasteiger partial charge >= 0.3 is 0 Å². The molecule has 1 heterocycles. The molecule has 1 aromatic carbocycles. The number of quaternary nitrogens is 1. The van der Waals surface area contributed by atoms with Gasteiger partial charge in [0.1, 0.15) is 0 Å². The minimum atomic E-state index is -0.327. The lowest BCUT2D eigenvalue weighted by Crippen LogP contribution is -3.12. The van der Waals surface area contributed by atoms with E-state index in [0.29, 0.717) is 12.0 Å². The maximum Gasteiger partial charge on any atom is 0.257 e. The summed E-state index contributed by atoms with van der Waals surface area (Å²) < 4.78 is 0.892. The van der Waals surface area contributed by atoms with Crippen LogP contribution < -0.4 is 21.1 Å². The molecule has 8 heteroatoms. The Labute approximate surface area is 155 Å². The lowest BCUT2D eigenvalue weighted by atomic mass is 10.1. The van der Waals surface area contributed by atoms with Crippen molar-refractivity contribution in [3.8, 4) is 0 Å². The van der Waals surface area contributed by atoms with Gasteiger partial charge in [-0.25, -0.2) is 0 Å². The van der Waals surface area contributed by atoms with Crippen molar-refractivity contribution in [1.29, 1.82) is 0 Å². The Balaban J connectivity index is 1.65. The molecule has 0 saturated carbocycles. The number of carbonyl (C=O) groups is 2. The van der Waals surface area contributed by atoms with Crippen LogP contribution in [0.3, 0.4) is 0 Å². The number of hydrogen-bond acceptors (Lipinski definition) is 3. The highest BCUT2D eigenvalue weighted by molar-refractivity contribution is 9.10. The highest BCUT2D eigenvalue weighted by atomic mass is 79.9. The lowest BCUT2D eigenvalue weighted by molar-refractivity contribution is -0.904. The summed E-state index contributed by atoms with van der Waals surface area (Å²) in [7, 11) is 0. The average Bonchev–Trinajstić information content (AvgIpc) is 2.59. The van der Waals surface area contributed by atoms with Crippen molar-refractivity contribution in [2.75, 3.05) is 19.6 Å². The normalized spacial score (nSPS) is 14.7. The summed E-state index contributed by atoms with van der Waals surface area (Å²) in [5, 5.41) is 2.59. The Hall–Kier alpha value is -1.51. The molecule has 1 aliphatic rings. The molecule has 2 amide bonds. The third-order valence-corrected chi connectivity index (χ3v) is 4.65. The van der Waals surface area contributed by atoms with Crippen LogP contribution in [0.4, 0.5) is 0 Å². The second kappa shape index (κ2) is 9.71. The van der Waals surface area contributed by atoms with E-state index < -0.39 is 0 Å². The van der Waals surface area contributed by atoms with Crippen LogP contribution in [0.5, 0.6) is 0 Å². The lowest BCUT2D eigenvalue weighted by Gasteiger charge is -2.23. The molecule has 2 rings (SSSR count). The van der Waals surface area contributed by atoms with E-state index in [1.54, 1.807) is 24.3 Å². The van der Waals surface area contributed by atoms with Crippen molar-refractivity contribution in [2.45, 2.75) is 25.7 Å². The second-order valence-electron chi connectivity index (χ2n) is 5.77. The van der Waals surface area contributed by atoms with Gasteiger partial charge in [0.2, 0.25) is 5.91 Å². The second-order valence-corrected chi connectivity index (χ2v) is 7.10. The number of rotatable bonds is 4. The van der Waals surface area contributed by atoms with E-state index in [0.717, 1.165) is 24.1 Å². The van der Waals surface area contributed by atoms with E-state index >= 15 is 0 Å². The first-order chi connectivity index (χ1) is 11.5. The topological polar surface area (TPSA) is 74.7 Å². The zero-order valence-corrected chi connectivity index (χ0v) is 15.8. The molecular weight excluding hydrogens is 392 g/mol. The van der Waals surface area contributed by atoms with Crippen LogP contribution in [0.2, 0.25) is 0 Å². The Morgan fingerprint density at radius 3 is 2.42 bits per heavy atom. The minimum absolute atomic E-state index is 0.0709. The van der Waals surface area contributed by atoms with Gasteiger partial charge in [0, 0.05) is 10.0 Å². The summed E-state index contributed by atoms with van der Waals surface area (Å²) in [6, 6.07) is 6.91. The summed E-state index contributed by atoms with van der Waals surface area (Å²) in [4.78, 5) is 25.3. The Morgan fingerprint density at radius 2 is 1.75 bits per heavy atom. The SMILES string of the molecule is O=C(CC[NH+]1CCCCC1)NNC(=S)NC(=O)c1ccc(Br)cc1. The van der Waals surface area contributed by atoms with E-state index in [1.165, 1.54) is 24.2 Å². The summed E-state index contributed by atoms with van der Waals surface area (Å²) in [6.07, 6.45) is 4.21. The molecule has 0 spiro atoms. The summed E-state index contributed by atoms with van der Waals surface area (Å²) in [5.41, 5.74) is 5.57. The van der Waals surface area contributed by atoms with Crippen molar-refractivity contribution in [1.82, 2.24) is 16.2 Å². The number of amides is 2. The Kier molecular flexibility index (Phi) is 7.61. The number of hydrogen-bond donors (Lipinski definition) is 4. The van der Waals surface area contributed by atoms with Gasteiger partial charge in [0.25, 0.3) is 5.91 Å².